The molecule has 0 bridgehead atoms. The molecule has 25 heavy (non-hydrogen) atoms. The van der Waals surface area contributed by atoms with Crippen molar-refractivity contribution < 1.29 is 14.3 Å². The maximum absolute atomic E-state index is 12.6. The van der Waals surface area contributed by atoms with Crippen molar-refractivity contribution in [2.24, 2.45) is 11.0 Å². The van der Waals surface area contributed by atoms with Crippen LogP contribution in [0.25, 0.3) is 0 Å². The van der Waals surface area contributed by atoms with Crippen LogP contribution in [0.15, 0.2) is 35.4 Å². The third kappa shape index (κ3) is 2.64. The molecule has 1 saturated heterocycles. The van der Waals surface area contributed by atoms with Gasteiger partial charge in [0.1, 0.15) is 5.66 Å². The van der Waals surface area contributed by atoms with E-state index in [1.807, 2.05) is 25.1 Å². The lowest BCUT2D eigenvalue weighted by Gasteiger charge is -2.48. The molecule has 0 aromatic heterocycles. The Bertz CT molecular complexity index is 657. The molecule has 2 aliphatic heterocycles. The summed E-state index contributed by atoms with van der Waals surface area (Å²) >= 11 is 0. The first kappa shape index (κ1) is 16.5. The molecule has 6 nitrogen and oxygen atoms in total. The largest absolute Gasteiger partial charge is 0.461 e. The Balaban J connectivity index is 1.77. The summed E-state index contributed by atoms with van der Waals surface area (Å²) in [4.78, 5) is 15.0. The number of hydrogen-bond donors (Lipinski definition) is 0. The number of ether oxygens (including phenoxy) is 2. The van der Waals surface area contributed by atoms with Gasteiger partial charge in [-0.05, 0) is 38.3 Å². The van der Waals surface area contributed by atoms with Crippen molar-refractivity contribution in [1.29, 1.82) is 0 Å². The SMILES string of the molecule is CCOC(=O)C1=NN(c2ccccc2)[C@]2(N3CCOCC3)CCC[C@@H]12. The number of carbonyl (C=O) groups is 1. The normalized spacial score (nSPS) is 29.4. The number of benzene rings is 1. The molecule has 0 radical (unpaired) electrons. The van der Waals surface area contributed by atoms with E-state index in [-0.39, 0.29) is 17.6 Å². The smallest absolute Gasteiger partial charge is 0.354 e. The molecule has 0 amide bonds. The molecule has 6 heteroatoms. The Labute approximate surface area is 148 Å². The van der Waals surface area contributed by atoms with Crippen molar-refractivity contribution in [3.63, 3.8) is 0 Å². The molecule has 3 aliphatic rings. The van der Waals surface area contributed by atoms with Gasteiger partial charge in [-0.25, -0.2) is 9.80 Å². The fraction of sp³-hybridized carbons (Fsp3) is 0.579. The first-order chi connectivity index (χ1) is 12.3. The molecule has 2 heterocycles. The Morgan fingerprint density at radius 3 is 2.80 bits per heavy atom. The zero-order valence-electron chi connectivity index (χ0n) is 14.7. The highest BCUT2D eigenvalue weighted by molar-refractivity contribution is 6.38. The highest BCUT2D eigenvalue weighted by atomic mass is 16.5. The lowest BCUT2D eigenvalue weighted by molar-refractivity contribution is -0.135. The highest BCUT2D eigenvalue weighted by Gasteiger charge is 2.59. The third-order valence-electron chi connectivity index (χ3n) is 5.54. The van der Waals surface area contributed by atoms with Gasteiger partial charge in [0.05, 0.1) is 25.5 Å². The Hall–Kier alpha value is -1.92. The molecule has 1 aliphatic carbocycles. The van der Waals surface area contributed by atoms with Gasteiger partial charge in [0.15, 0.2) is 5.71 Å². The van der Waals surface area contributed by atoms with Gasteiger partial charge in [-0.2, -0.15) is 5.10 Å². The molecule has 2 atom stereocenters. The molecule has 1 aromatic carbocycles. The van der Waals surface area contributed by atoms with Crippen molar-refractivity contribution in [2.45, 2.75) is 31.8 Å². The maximum atomic E-state index is 12.6. The second kappa shape index (κ2) is 6.77. The van der Waals surface area contributed by atoms with Gasteiger partial charge < -0.3 is 9.47 Å². The summed E-state index contributed by atoms with van der Waals surface area (Å²) < 4.78 is 10.9. The fourth-order valence-corrected chi connectivity index (χ4v) is 4.55. The van der Waals surface area contributed by atoms with Gasteiger partial charge in [0, 0.05) is 19.0 Å². The zero-order chi connectivity index (χ0) is 17.3. The van der Waals surface area contributed by atoms with Crippen LogP contribution in [0.2, 0.25) is 0 Å². The van der Waals surface area contributed by atoms with Crippen LogP contribution >= 0.6 is 0 Å². The van der Waals surface area contributed by atoms with E-state index in [0.29, 0.717) is 12.3 Å². The standard InChI is InChI=1S/C19H25N3O3/c1-2-25-18(23)17-16-9-6-10-19(16,21-11-13-24-14-12-21)22(20-17)15-7-4-3-5-8-15/h3-5,7-8,16H,2,6,9-14H2,1H3/t16-,19+/m0/s1. The lowest BCUT2D eigenvalue weighted by atomic mass is 9.89. The van der Waals surface area contributed by atoms with Crippen molar-refractivity contribution in [3.8, 4) is 0 Å². The minimum absolute atomic E-state index is 0.0878. The summed E-state index contributed by atoms with van der Waals surface area (Å²) in [5, 5.41) is 6.89. The lowest BCUT2D eigenvalue weighted by Crippen LogP contribution is -2.62. The van der Waals surface area contributed by atoms with Crippen molar-refractivity contribution in [1.82, 2.24) is 4.90 Å². The molecule has 1 aromatic rings. The van der Waals surface area contributed by atoms with E-state index in [0.717, 1.165) is 51.3 Å². The molecule has 1 saturated carbocycles. The minimum Gasteiger partial charge on any atom is -0.461 e. The topological polar surface area (TPSA) is 54.4 Å². The number of esters is 1. The van der Waals surface area contributed by atoms with Crippen LogP contribution < -0.4 is 5.01 Å². The second-order valence-electron chi connectivity index (χ2n) is 6.78. The van der Waals surface area contributed by atoms with E-state index in [4.69, 9.17) is 14.6 Å². The van der Waals surface area contributed by atoms with Crippen LogP contribution in [-0.2, 0) is 14.3 Å². The van der Waals surface area contributed by atoms with Gasteiger partial charge in [-0.15, -0.1) is 0 Å². The average Bonchev–Trinajstić information content (AvgIpc) is 3.22. The number of carbonyl (C=O) groups excluding carboxylic acids is 1. The zero-order valence-corrected chi connectivity index (χ0v) is 14.7. The number of anilines is 1. The predicted molar refractivity (Wildman–Crippen MR) is 95.5 cm³/mol. The van der Waals surface area contributed by atoms with Crippen LogP contribution in [0, 0.1) is 5.92 Å². The van der Waals surface area contributed by atoms with E-state index in [1.165, 1.54) is 0 Å². The molecule has 2 fully saturated rings. The quantitative estimate of drug-likeness (QED) is 0.785. The first-order valence-corrected chi connectivity index (χ1v) is 9.21. The van der Waals surface area contributed by atoms with Crippen LogP contribution in [0.1, 0.15) is 26.2 Å². The molecular weight excluding hydrogens is 318 g/mol. The number of fused-ring (bicyclic) bond motifs is 1. The van der Waals surface area contributed by atoms with Gasteiger partial charge in [-0.1, -0.05) is 18.2 Å². The van der Waals surface area contributed by atoms with Crippen LogP contribution in [0.5, 0.6) is 0 Å². The van der Waals surface area contributed by atoms with Crippen molar-refractivity contribution >= 4 is 17.4 Å². The van der Waals surface area contributed by atoms with E-state index in [9.17, 15) is 4.79 Å². The number of para-hydroxylation sites is 1. The maximum Gasteiger partial charge on any atom is 0.354 e. The monoisotopic (exact) mass is 343 g/mol. The molecular formula is C19H25N3O3. The third-order valence-corrected chi connectivity index (χ3v) is 5.54. The van der Waals surface area contributed by atoms with E-state index < -0.39 is 0 Å². The number of morpholine rings is 1. The van der Waals surface area contributed by atoms with E-state index in [2.05, 4.69) is 22.0 Å². The minimum atomic E-state index is -0.273. The van der Waals surface area contributed by atoms with Crippen LogP contribution in [-0.4, -0.2) is 55.2 Å². The number of rotatable bonds is 4. The second-order valence-corrected chi connectivity index (χ2v) is 6.78. The highest BCUT2D eigenvalue weighted by Crippen LogP contribution is 2.50. The predicted octanol–water partition coefficient (Wildman–Crippen LogP) is 2.25. The average molecular weight is 343 g/mol. The van der Waals surface area contributed by atoms with E-state index >= 15 is 0 Å². The molecule has 134 valence electrons. The van der Waals surface area contributed by atoms with Gasteiger partial charge in [0.2, 0.25) is 0 Å². The molecule has 0 N–H and O–H groups in total. The number of hydrazone groups is 1. The Morgan fingerprint density at radius 1 is 1.32 bits per heavy atom. The van der Waals surface area contributed by atoms with Gasteiger partial charge >= 0.3 is 5.97 Å². The Kier molecular flexibility index (Phi) is 4.48. The van der Waals surface area contributed by atoms with Crippen LogP contribution in [0.4, 0.5) is 5.69 Å². The molecule has 0 spiro atoms. The Morgan fingerprint density at radius 2 is 2.08 bits per heavy atom. The van der Waals surface area contributed by atoms with Gasteiger partial charge in [-0.3, -0.25) is 4.90 Å². The number of nitrogens with zero attached hydrogens (tertiary/aromatic N) is 3. The molecule has 4 rings (SSSR count). The molecule has 0 unspecified atom stereocenters. The van der Waals surface area contributed by atoms with Crippen molar-refractivity contribution in [3.05, 3.63) is 30.3 Å². The summed E-state index contributed by atoms with van der Waals surface area (Å²) in [6.07, 6.45) is 3.06. The number of hydrogen-bond acceptors (Lipinski definition) is 6. The van der Waals surface area contributed by atoms with Crippen molar-refractivity contribution in [2.75, 3.05) is 37.9 Å². The first-order valence-electron chi connectivity index (χ1n) is 9.21. The summed E-state index contributed by atoms with van der Waals surface area (Å²) in [6.45, 7) is 5.40. The summed E-state index contributed by atoms with van der Waals surface area (Å²) in [7, 11) is 0. The summed E-state index contributed by atoms with van der Waals surface area (Å²) in [5.41, 5.74) is 1.34. The van der Waals surface area contributed by atoms with E-state index in [1.54, 1.807) is 0 Å². The van der Waals surface area contributed by atoms with Crippen LogP contribution in [0.3, 0.4) is 0 Å². The summed E-state index contributed by atoms with van der Waals surface area (Å²) in [5.74, 6) is -0.185. The fourth-order valence-electron chi connectivity index (χ4n) is 4.55. The summed E-state index contributed by atoms with van der Waals surface area (Å²) in [6, 6.07) is 10.2. The van der Waals surface area contributed by atoms with Gasteiger partial charge in [0.25, 0.3) is 0 Å².